The van der Waals surface area contributed by atoms with Gasteiger partial charge in [-0.1, -0.05) is 6.07 Å². The zero-order valence-electron chi connectivity index (χ0n) is 11.4. The summed E-state index contributed by atoms with van der Waals surface area (Å²) in [5.41, 5.74) is 1.65. The lowest BCUT2D eigenvalue weighted by molar-refractivity contribution is -0.384. The van der Waals surface area contributed by atoms with Gasteiger partial charge < -0.3 is 5.32 Å². The molecule has 2 aromatic carbocycles. The molecule has 6 heteroatoms. The van der Waals surface area contributed by atoms with Gasteiger partial charge in [0.05, 0.1) is 16.6 Å². The van der Waals surface area contributed by atoms with Crippen LogP contribution in [0, 0.1) is 21.4 Å². The molecule has 0 radical (unpaired) electrons. The SMILES string of the molecule is N#Cc1cccc(NC(=O)/C=C/c2ccc([N+](=O)[O-])cc2)c1. The maximum Gasteiger partial charge on any atom is 0.269 e. The molecule has 2 rings (SSSR count). The molecule has 22 heavy (non-hydrogen) atoms. The summed E-state index contributed by atoms with van der Waals surface area (Å²) in [6.45, 7) is 0. The highest BCUT2D eigenvalue weighted by Gasteiger charge is 2.03. The van der Waals surface area contributed by atoms with Crippen LogP contribution in [0.4, 0.5) is 11.4 Å². The van der Waals surface area contributed by atoms with Gasteiger partial charge in [0.15, 0.2) is 0 Å². The van der Waals surface area contributed by atoms with Crippen molar-refractivity contribution in [2.45, 2.75) is 0 Å². The fourth-order valence-corrected chi connectivity index (χ4v) is 1.73. The number of nitro groups is 1. The van der Waals surface area contributed by atoms with Crippen LogP contribution in [0.25, 0.3) is 6.08 Å². The van der Waals surface area contributed by atoms with Crippen LogP contribution in [-0.2, 0) is 4.79 Å². The third kappa shape index (κ3) is 4.02. The Bertz CT molecular complexity index is 774. The smallest absolute Gasteiger partial charge is 0.269 e. The van der Waals surface area contributed by atoms with E-state index in [9.17, 15) is 14.9 Å². The molecule has 0 saturated carbocycles. The first-order chi connectivity index (χ1) is 10.6. The molecule has 108 valence electrons. The van der Waals surface area contributed by atoms with Crippen LogP contribution >= 0.6 is 0 Å². The average Bonchev–Trinajstić information content (AvgIpc) is 2.53. The Morgan fingerprint density at radius 2 is 1.95 bits per heavy atom. The lowest BCUT2D eigenvalue weighted by Crippen LogP contribution is -2.07. The lowest BCUT2D eigenvalue weighted by Gasteiger charge is -2.01. The van der Waals surface area contributed by atoms with Crippen LogP contribution in [0.15, 0.2) is 54.6 Å². The van der Waals surface area contributed by atoms with E-state index in [1.54, 1.807) is 42.5 Å². The van der Waals surface area contributed by atoms with Crippen molar-refractivity contribution >= 4 is 23.4 Å². The molecule has 0 atom stereocenters. The predicted octanol–water partition coefficient (Wildman–Crippen LogP) is 3.12. The average molecular weight is 293 g/mol. The summed E-state index contributed by atoms with van der Waals surface area (Å²) >= 11 is 0. The molecule has 6 nitrogen and oxygen atoms in total. The summed E-state index contributed by atoms with van der Waals surface area (Å²) in [6, 6.07) is 14.4. The number of rotatable bonds is 4. The van der Waals surface area contributed by atoms with Gasteiger partial charge in [-0.15, -0.1) is 0 Å². The normalized spacial score (nSPS) is 10.1. The van der Waals surface area contributed by atoms with Gasteiger partial charge in [-0.05, 0) is 42.0 Å². The van der Waals surface area contributed by atoms with Crippen molar-refractivity contribution in [3.63, 3.8) is 0 Å². The second-order valence-corrected chi connectivity index (χ2v) is 4.36. The molecule has 0 heterocycles. The van der Waals surface area contributed by atoms with E-state index >= 15 is 0 Å². The summed E-state index contributed by atoms with van der Waals surface area (Å²) in [5.74, 6) is -0.353. The zero-order chi connectivity index (χ0) is 15.9. The van der Waals surface area contributed by atoms with E-state index in [1.165, 1.54) is 18.2 Å². The molecule has 2 aromatic rings. The molecule has 0 aliphatic carbocycles. The molecule has 0 aromatic heterocycles. The maximum atomic E-state index is 11.8. The van der Waals surface area contributed by atoms with E-state index in [-0.39, 0.29) is 11.6 Å². The molecule has 1 amide bonds. The largest absolute Gasteiger partial charge is 0.322 e. The fourth-order valence-electron chi connectivity index (χ4n) is 1.73. The molecule has 0 aliphatic heterocycles. The minimum Gasteiger partial charge on any atom is -0.322 e. The third-order valence-corrected chi connectivity index (χ3v) is 2.79. The van der Waals surface area contributed by atoms with E-state index < -0.39 is 4.92 Å². The Hall–Kier alpha value is -3.46. The van der Waals surface area contributed by atoms with E-state index in [1.807, 2.05) is 6.07 Å². The monoisotopic (exact) mass is 293 g/mol. The molecule has 0 aliphatic rings. The Morgan fingerprint density at radius 3 is 2.59 bits per heavy atom. The minimum absolute atomic E-state index is 0.00470. The van der Waals surface area contributed by atoms with Gasteiger partial charge >= 0.3 is 0 Å². The first-order valence-electron chi connectivity index (χ1n) is 6.32. The molecule has 1 N–H and O–H groups in total. The van der Waals surface area contributed by atoms with Crippen LogP contribution < -0.4 is 5.32 Å². The van der Waals surface area contributed by atoms with Crippen molar-refractivity contribution in [1.82, 2.24) is 0 Å². The summed E-state index contributed by atoms with van der Waals surface area (Å²) in [6.07, 6.45) is 2.87. The Kier molecular flexibility index (Phi) is 4.63. The second-order valence-electron chi connectivity index (χ2n) is 4.36. The number of carbonyl (C=O) groups is 1. The number of nitrogens with one attached hydrogen (secondary N) is 1. The highest BCUT2D eigenvalue weighted by molar-refractivity contribution is 6.02. The lowest BCUT2D eigenvalue weighted by atomic mass is 10.2. The highest BCUT2D eigenvalue weighted by atomic mass is 16.6. The van der Waals surface area contributed by atoms with Crippen molar-refractivity contribution in [3.05, 3.63) is 75.8 Å². The van der Waals surface area contributed by atoms with E-state index in [0.717, 1.165) is 0 Å². The first-order valence-corrected chi connectivity index (χ1v) is 6.32. The van der Waals surface area contributed by atoms with Crippen LogP contribution in [0.3, 0.4) is 0 Å². The quantitative estimate of drug-likeness (QED) is 0.532. The minimum atomic E-state index is -0.484. The number of benzene rings is 2. The zero-order valence-corrected chi connectivity index (χ0v) is 11.4. The number of nitrogens with zero attached hydrogens (tertiary/aromatic N) is 2. The van der Waals surface area contributed by atoms with E-state index in [4.69, 9.17) is 5.26 Å². The van der Waals surface area contributed by atoms with Gasteiger partial charge in [-0.2, -0.15) is 5.26 Å². The van der Waals surface area contributed by atoms with Gasteiger partial charge in [-0.25, -0.2) is 0 Å². The first kappa shape index (κ1) is 14.9. The maximum absolute atomic E-state index is 11.8. The highest BCUT2D eigenvalue weighted by Crippen LogP contribution is 2.13. The van der Waals surface area contributed by atoms with Crippen LogP contribution in [0.5, 0.6) is 0 Å². The summed E-state index contributed by atoms with van der Waals surface area (Å²) in [4.78, 5) is 21.8. The Morgan fingerprint density at radius 1 is 1.23 bits per heavy atom. The van der Waals surface area contributed by atoms with Crippen LogP contribution in [-0.4, -0.2) is 10.8 Å². The number of nitro benzene ring substituents is 1. The van der Waals surface area contributed by atoms with Crippen molar-refractivity contribution in [2.75, 3.05) is 5.32 Å². The van der Waals surface area contributed by atoms with Crippen LogP contribution in [0.1, 0.15) is 11.1 Å². The summed E-state index contributed by atoms with van der Waals surface area (Å²) in [7, 11) is 0. The Labute approximate surface area is 126 Å². The fraction of sp³-hybridized carbons (Fsp3) is 0. The number of amides is 1. The van der Waals surface area contributed by atoms with Gasteiger partial charge in [0.1, 0.15) is 0 Å². The van der Waals surface area contributed by atoms with Gasteiger partial charge in [0, 0.05) is 23.9 Å². The van der Waals surface area contributed by atoms with Crippen molar-refractivity contribution in [1.29, 1.82) is 5.26 Å². The third-order valence-electron chi connectivity index (χ3n) is 2.79. The number of hydrogen-bond donors (Lipinski definition) is 1. The van der Waals surface area contributed by atoms with Crippen molar-refractivity contribution in [3.8, 4) is 6.07 Å². The number of non-ortho nitro benzene ring substituents is 1. The number of carbonyl (C=O) groups excluding carboxylic acids is 1. The molecule has 0 fully saturated rings. The van der Waals surface area contributed by atoms with E-state index in [2.05, 4.69) is 5.32 Å². The van der Waals surface area contributed by atoms with Gasteiger partial charge in [0.2, 0.25) is 5.91 Å². The molecular formula is C16H11N3O3. The molecule has 0 unspecified atom stereocenters. The van der Waals surface area contributed by atoms with Crippen molar-refractivity contribution in [2.24, 2.45) is 0 Å². The molecule has 0 spiro atoms. The van der Waals surface area contributed by atoms with Crippen molar-refractivity contribution < 1.29 is 9.72 Å². The summed E-state index contributed by atoms with van der Waals surface area (Å²) < 4.78 is 0. The van der Waals surface area contributed by atoms with Gasteiger partial charge in [-0.3, -0.25) is 14.9 Å². The topological polar surface area (TPSA) is 96.0 Å². The standard InChI is InChI=1S/C16H11N3O3/c17-11-13-2-1-3-14(10-13)18-16(20)9-6-12-4-7-15(8-5-12)19(21)22/h1-10H,(H,18,20)/b9-6+. The van der Waals surface area contributed by atoms with Gasteiger partial charge in [0.25, 0.3) is 5.69 Å². The number of hydrogen-bond acceptors (Lipinski definition) is 4. The molecule has 0 saturated heterocycles. The number of nitriles is 1. The second kappa shape index (κ2) is 6.81. The van der Waals surface area contributed by atoms with E-state index in [0.29, 0.717) is 16.8 Å². The summed E-state index contributed by atoms with van der Waals surface area (Å²) in [5, 5.41) is 22.0. The molecular weight excluding hydrogens is 282 g/mol. The Balaban J connectivity index is 2.02. The molecule has 0 bridgehead atoms. The number of anilines is 1. The predicted molar refractivity (Wildman–Crippen MR) is 81.9 cm³/mol. The van der Waals surface area contributed by atoms with Crippen LogP contribution in [0.2, 0.25) is 0 Å².